The van der Waals surface area contributed by atoms with Crippen LogP contribution in [0, 0.1) is 5.92 Å². The number of nitrogens with one attached hydrogen (secondary N) is 2. The Kier molecular flexibility index (Phi) is 5.74. The highest BCUT2D eigenvalue weighted by Gasteiger charge is 2.36. The molecule has 0 bridgehead atoms. The van der Waals surface area contributed by atoms with E-state index in [9.17, 15) is 0 Å². The summed E-state index contributed by atoms with van der Waals surface area (Å²) in [5, 5.41) is 7.55. The first-order valence-electron chi connectivity index (χ1n) is 9.04. The van der Waals surface area contributed by atoms with E-state index in [2.05, 4.69) is 29.4 Å². The molecule has 1 aliphatic carbocycles. The number of hydrogen-bond donors (Lipinski definition) is 2. The van der Waals surface area contributed by atoms with Gasteiger partial charge >= 0.3 is 0 Å². The molecule has 3 unspecified atom stereocenters. The van der Waals surface area contributed by atoms with Gasteiger partial charge in [0.2, 0.25) is 0 Å². The van der Waals surface area contributed by atoms with E-state index in [1.54, 1.807) is 0 Å². The summed E-state index contributed by atoms with van der Waals surface area (Å²) in [4.78, 5) is 2.56. The van der Waals surface area contributed by atoms with Crippen molar-refractivity contribution in [1.82, 2.24) is 15.5 Å². The Hall–Kier alpha value is -0.200. The molecule has 3 fully saturated rings. The van der Waals surface area contributed by atoms with E-state index in [1.807, 2.05) is 0 Å². The first-order valence-corrected chi connectivity index (χ1v) is 9.04. The van der Waals surface area contributed by atoms with Gasteiger partial charge in [0.05, 0.1) is 26.4 Å². The van der Waals surface area contributed by atoms with E-state index in [0.29, 0.717) is 12.1 Å². The van der Waals surface area contributed by atoms with Crippen LogP contribution in [0.15, 0.2) is 0 Å². The van der Waals surface area contributed by atoms with Gasteiger partial charge in [-0.3, -0.25) is 4.90 Å². The molecule has 0 spiro atoms. The molecule has 0 aromatic heterocycles. The molecule has 1 saturated carbocycles. The molecule has 0 aromatic carbocycles. The first kappa shape index (κ1) is 16.7. The van der Waals surface area contributed by atoms with Crippen molar-refractivity contribution < 1.29 is 9.47 Å². The van der Waals surface area contributed by atoms with Crippen molar-refractivity contribution in [2.75, 3.05) is 52.6 Å². The predicted molar refractivity (Wildman–Crippen MR) is 88.2 cm³/mol. The lowest BCUT2D eigenvalue weighted by Crippen LogP contribution is -2.57. The van der Waals surface area contributed by atoms with Crippen LogP contribution in [0.4, 0.5) is 0 Å². The second kappa shape index (κ2) is 7.58. The molecule has 0 aromatic rings. The van der Waals surface area contributed by atoms with Crippen LogP contribution in [0.2, 0.25) is 0 Å². The molecule has 0 amide bonds. The van der Waals surface area contributed by atoms with Crippen molar-refractivity contribution in [3.63, 3.8) is 0 Å². The highest BCUT2D eigenvalue weighted by Crippen LogP contribution is 2.30. The summed E-state index contributed by atoms with van der Waals surface area (Å²) < 4.78 is 11.2. The maximum absolute atomic E-state index is 5.67. The molecule has 0 radical (unpaired) electrons. The van der Waals surface area contributed by atoms with Crippen LogP contribution in [-0.4, -0.2) is 75.1 Å². The lowest BCUT2D eigenvalue weighted by Gasteiger charge is -2.42. The third-order valence-corrected chi connectivity index (χ3v) is 5.70. The molecule has 2 aliphatic heterocycles. The van der Waals surface area contributed by atoms with Crippen molar-refractivity contribution in [3.8, 4) is 0 Å². The van der Waals surface area contributed by atoms with Gasteiger partial charge in [-0.25, -0.2) is 0 Å². The van der Waals surface area contributed by atoms with Crippen LogP contribution in [-0.2, 0) is 9.47 Å². The second-order valence-electron chi connectivity index (χ2n) is 7.63. The van der Waals surface area contributed by atoms with Gasteiger partial charge in [0.25, 0.3) is 0 Å². The second-order valence-corrected chi connectivity index (χ2v) is 7.63. The van der Waals surface area contributed by atoms with Crippen LogP contribution in [0.25, 0.3) is 0 Å². The smallest absolute Gasteiger partial charge is 0.0623 e. The molecule has 128 valence electrons. The van der Waals surface area contributed by atoms with Gasteiger partial charge in [-0.15, -0.1) is 0 Å². The quantitative estimate of drug-likeness (QED) is 0.788. The molecule has 2 N–H and O–H groups in total. The predicted octanol–water partition coefficient (Wildman–Crippen LogP) is 0.844. The monoisotopic (exact) mass is 311 g/mol. The van der Waals surface area contributed by atoms with Gasteiger partial charge < -0.3 is 20.1 Å². The molecule has 3 atom stereocenters. The van der Waals surface area contributed by atoms with Crippen molar-refractivity contribution in [2.24, 2.45) is 5.92 Å². The summed E-state index contributed by atoms with van der Waals surface area (Å²) in [5.74, 6) is 0.723. The van der Waals surface area contributed by atoms with Crippen molar-refractivity contribution in [3.05, 3.63) is 0 Å². The molecule has 2 heterocycles. The Bertz CT molecular complexity index is 339. The van der Waals surface area contributed by atoms with E-state index in [0.717, 1.165) is 58.5 Å². The summed E-state index contributed by atoms with van der Waals surface area (Å²) in [7, 11) is 0. The highest BCUT2D eigenvalue weighted by atomic mass is 16.5. The molecule has 3 aliphatic rings. The summed E-state index contributed by atoms with van der Waals surface area (Å²) in [5.41, 5.74) is 0.202. The summed E-state index contributed by atoms with van der Waals surface area (Å²) in [6.07, 6.45) is 3.98. The van der Waals surface area contributed by atoms with Gasteiger partial charge in [0.1, 0.15) is 0 Å². The maximum Gasteiger partial charge on any atom is 0.0623 e. The van der Waals surface area contributed by atoms with Gasteiger partial charge in [0.15, 0.2) is 0 Å². The zero-order valence-electron chi connectivity index (χ0n) is 14.3. The minimum absolute atomic E-state index is 0.202. The van der Waals surface area contributed by atoms with E-state index < -0.39 is 0 Å². The molecule has 5 nitrogen and oxygen atoms in total. The number of nitrogens with zero attached hydrogens (tertiary/aromatic N) is 1. The molecule has 2 saturated heterocycles. The van der Waals surface area contributed by atoms with E-state index in [-0.39, 0.29) is 5.54 Å². The van der Waals surface area contributed by atoms with Crippen molar-refractivity contribution >= 4 is 0 Å². The van der Waals surface area contributed by atoms with E-state index >= 15 is 0 Å². The molecular weight excluding hydrogens is 278 g/mol. The van der Waals surface area contributed by atoms with Crippen molar-refractivity contribution in [2.45, 2.75) is 50.7 Å². The Labute approximate surface area is 135 Å². The van der Waals surface area contributed by atoms with Gasteiger partial charge in [0, 0.05) is 43.8 Å². The van der Waals surface area contributed by atoms with Crippen LogP contribution in [0.1, 0.15) is 33.1 Å². The zero-order valence-corrected chi connectivity index (χ0v) is 14.3. The number of ether oxygens (including phenoxy) is 2. The average molecular weight is 311 g/mol. The summed E-state index contributed by atoms with van der Waals surface area (Å²) >= 11 is 0. The standard InChI is InChI=1S/C17H33N3O2/c1-17(2,20-7-10-21-11-8-20)13-19-15-5-3-4-14(15)16-12-22-9-6-18-16/h14-16,18-19H,3-13H2,1-2H3. The largest absolute Gasteiger partial charge is 0.379 e. The lowest BCUT2D eigenvalue weighted by molar-refractivity contribution is -0.0114. The van der Waals surface area contributed by atoms with E-state index in [1.165, 1.54) is 19.3 Å². The number of rotatable bonds is 5. The molecule has 22 heavy (non-hydrogen) atoms. The third kappa shape index (κ3) is 4.01. The van der Waals surface area contributed by atoms with Gasteiger partial charge in [-0.1, -0.05) is 6.42 Å². The number of morpholine rings is 2. The normalized spacial score (nSPS) is 34.9. The van der Waals surface area contributed by atoms with Crippen LogP contribution >= 0.6 is 0 Å². The van der Waals surface area contributed by atoms with Crippen LogP contribution in [0.3, 0.4) is 0 Å². The summed E-state index contributed by atoms with van der Waals surface area (Å²) in [6.45, 7) is 12.4. The van der Waals surface area contributed by atoms with Crippen LogP contribution in [0.5, 0.6) is 0 Å². The Morgan fingerprint density at radius 3 is 2.68 bits per heavy atom. The molecular formula is C17H33N3O2. The fraction of sp³-hybridized carbons (Fsp3) is 1.00. The van der Waals surface area contributed by atoms with E-state index in [4.69, 9.17) is 9.47 Å². The minimum Gasteiger partial charge on any atom is -0.379 e. The SMILES string of the molecule is CC(C)(CNC1CCCC1C1COCCN1)N1CCOCC1. The first-order chi connectivity index (χ1) is 10.7. The highest BCUT2D eigenvalue weighted by molar-refractivity contribution is 4.94. The van der Waals surface area contributed by atoms with Crippen LogP contribution < -0.4 is 10.6 Å². The average Bonchev–Trinajstić information content (AvgIpc) is 3.03. The number of hydrogen-bond acceptors (Lipinski definition) is 5. The Morgan fingerprint density at radius 1 is 1.14 bits per heavy atom. The maximum atomic E-state index is 5.67. The fourth-order valence-corrected chi connectivity index (χ4v) is 4.25. The van der Waals surface area contributed by atoms with Gasteiger partial charge in [-0.2, -0.15) is 0 Å². The van der Waals surface area contributed by atoms with Gasteiger partial charge in [-0.05, 0) is 32.6 Å². The lowest BCUT2D eigenvalue weighted by atomic mass is 9.93. The minimum atomic E-state index is 0.202. The Balaban J connectivity index is 1.50. The zero-order chi connectivity index (χ0) is 15.4. The summed E-state index contributed by atoms with van der Waals surface area (Å²) in [6, 6.07) is 1.18. The topological polar surface area (TPSA) is 45.8 Å². The third-order valence-electron chi connectivity index (χ3n) is 5.70. The molecule has 5 heteroatoms. The Morgan fingerprint density at radius 2 is 1.95 bits per heavy atom. The molecule has 3 rings (SSSR count). The fourth-order valence-electron chi connectivity index (χ4n) is 4.25. The van der Waals surface area contributed by atoms with Crippen molar-refractivity contribution in [1.29, 1.82) is 0 Å².